The van der Waals surface area contributed by atoms with Gasteiger partial charge in [0.1, 0.15) is 17.2 Å². The van der Waals surface area contributed by atoms with Crippen molar-refractivity contribution in [3.05, 3.63) is 28.5 Å². The Morgan fingerprint density at radius 2 is 1.83 bits per heavy atom. The molecule has 0 aliphatic heterocycles. The molecule has 1 aromatic rings. The summed E-state index contributed by atoms with van der Waals surface area (Å²) < 4.78 is 24.8. The van der Waals surface area contributed by atoms with Gasteiger partial charge in [-0.25, -0.2) is 9.18 Å². The van der Waals surface area contributed by atoms with E-state index in [0.29, 0.717) is 12.8 Å². The summed E-state index contributed by atoms with van der Waals surface area (Å²) in [5.41, 5.74) is -1.00. The van der Waals surface area contributed by atoms with E-state index in [-0.39, 0.29) is 42.1 Å². The molecule has 1 rings (SSSR count). The van der Waals surface area contributed by atoms with Gasteiger partial charge in [-0.3, -0.25) is 0 Å². The van der Waals surface area contributed by atoms with Gasteiger partial charge in [-0.2, -0.15) is 0 Å². The van der Waals surface area contributed by atoms with Crippen LogP contribution in [0.15, 0.2) is 12.1 Å². The highest BCUT2D eigenvalue weighted by atomic mass is 35.5. The average Bonchev–Trinajstić information content (AvgIpc) is 2.46. The molecule has 0 heterocycles. The van der Waals surface area contributed by atoms with Crippen LogP contribution in [0.4, 0.5) is 4.39 Å². The highest BCUT2D eigenvalue weighted by molar-refractivity contribution is 6.32. The van der Waals surface area contributed by atoms with Crippen LogP contribution in [0.1, 0.15) is 44.0 Å². The summed E-state index contributed by atoms with van der Waals surface area (Å²) in [4.78, 5) is 12.0. The number of esters is 1. The van der Waals surface area contributed by atoms with Gasteiger partial charge in [0.25, 0.3) is 0 Å². The lowest BCUT2D eigenvalue weighted by atomic mass is 10.0. The number of hydrogen-bond donors (Lipinski definition) is 2. The Hall–Kier alpha value is -1.37. The number of benzene rings is 1. The molecule has 24 heavy (non-hydrogen) atoms. The lowest BCUT2D eigenvalue weighted by Crippen LogP contribution is -2.24. The van der Waals surface area contributed by atoms with E-state index in [2.05, 4.69) is 0 Å². The molecule has 0 saturated heterocycles. The summed E-state index contributed by atoms with van der Waals surface area (Å²) >= 11 is 6.06. The number of hydrogen-bond acceptors (Lipinski definition) is 5. The molecule has 136 valence electrons. The van der Waals surface area contributed by atoms with Gasteiger partial charge in [0, 0.05) is 19.3 Å². The first-order valence-corrected chi connectivity index (χ1v) is 8.12. The Bertz CT molecular complexity index is 551. The summed E-state index contributed by atoms with van der Waals surface area (Å²) in [7, 11) is 0. The Balaban J connectivity index is 2.85. The fourth-order valence-electron chi connectivity index (χ4n) is 2.01. The van der Waals surface area contributed by atoms with Gasteiger partial charge in [-0.05, 0) is 45.6 Å². The predicted octanol–water partition coefficient (Wildman–Crippen LogP) is 3.19. The van der Waals surface area contributed by atoms with Crippen LogP contribution in [-0.4, -0.2) is 41.6 Å². The zero-order chi connectivity index (χ0) is 18.3. The normalized spacial score (nSPS) is 11.7. The maximum Gasteiger partial charge on any atom is 0.341 e. The fourth-order valence-corrected chi connectivity index (χ4v) is 2.23. The second-order valence-electron chi connectivity index (χ2n) is 6.47. The third kappa shape index (κ3) is 6.63. The van der Waals surface area contributed by atoms with E-state index in [4.69, 9.17) is 31.3 Å². The molecule has 0 radical (unpaired) electrons. The molecular weight excluding hydrogens is 339 g/mol. The van der Waals surface area contributed by atoms with Gasteiger partial charge < -0.3 is 19.7 Å². The molecule has 0 atom stereocenters. The standard InChI is InChI=1S/C17H24ClFO5/c1-17(2,3)24-16(22)12-8-13(18)15(9-14(12)19)23-10-11(4-6-20)5-7-21/h8-9,11,20-21H,4-7,10H2,1-3H3. The lowest BCUT2D eigenvalue weighted by Gasteiger charge is -2.20. The molecule has 7 heteroatoms. The third-order valence-electron chi connectivity index (χ3n) is 3.19. The molecule has 2 N–H and O–H groups in total. The van der Waals surface area contributed by atoms with E-state index in [0.717, 1.165) is 6.07 Å². The van der Waals surface area contributed by atoms with Crippen molar-refractivity contribution in [2.75, 3.05) is 19.8 Å². The Kier molecular flexibility index (Phi) is 7.93. The predicted molar refractivity (Wildman–Crippen MR) is 89.0 cm³/mol. The van der Waals surface area contributed by atoms with Crippen LogP contribution >= 0.6 is 11.6 Å². The van der Waals surface area contributed by atoms with Crippen molar-refractivity contribution in [1.82, 2.24) is 0 Å². The van der Waals surface area contributed by atoms with E-state index in [1.165, 1.54) is 6.07 Å². The second-order valence-corrected chi connectivity index (χ2v) is 6.87. The number of ether oxygens (including phenoxy) is 2. The monoisotopic (exact) mass is 362 g/mol. The van der Waals surface area contributed by atoms with Crippen LogP contribution < -0.4 is 4.74 Å². The van der Waals surface area contributed by atoms with Gasteiger partial charge in [0.2, 0.25) is 0 Å². The van der Waals surface area contributed by atoms with Gasteiger partial charge in [-0.1, -0.05) is 11.6 Å². The van der Waals surface area contributed by atoms with E-state index in [1.807, 2.05) is 0 Å². The highest BCUT2D eigenvalue weighted by Gasteiger charge is 2.23. The van der Waals surface area contributed by atoms with Crippen molar-refractivity contribution in [2.45, 2.75) is 39.2 Å². The molecule has 0 aromatic heterocycles. The molecule has 0 bridgehead atoms. The molecular formula is C17H24ClFO5. The molecule has 0 spiro atoms. The maximum atomic E-state index is 14.2. The molecule has 5 nitrogen and oxygen atoms in total. The quantitative estimate of drug-likeness (QED) is 0.694. The minimum atomic E-state index is -0.799. The summed E-state index contributed by atoms with van der Waals surface area (Å²) in [6.07, 6.45) is 0.910. The summed E-state index contributed by atoms with van der Waals surface area (Å²) in [6, 6.07) is 2.21. The molecule has 0 fully saturated rings. The Morgan fingerprint density at radius 1 is 1.25 bits per heavy atom. The van der Waals surface area contributed by atoms with Crippen molar-refractivity contribution in [2.24, 2.45) is 5.92 Å². The number of rotatable bonds is 8. The molecule has 0 aliphatic rings. The molecule has 1 aromatic carbocycles. The number of halogens is 2. The minimum absolute atomic E-state index is 0.0340. The van der Waals surface area contributed by atoms with Crippen molar-refractivity contribution < 1.29 is 28.9 Å². The first-order valence-electron chi connectivity index (χ1n) is 7.75. The van der Waals surface area contributed by atoms with Crippen molar-refractivity contribution >= 4 is 17.6 Å². The fraction of sp³-hybridized carbons (Fsp3) is 0.588. The van der Waals surface area contributed by atoms with Gasteiger partial charge >= 0.3 is 5.97 Å². The van der Waals surface area contributed by atoms with Crippen molar-refractivity contribution in [3.63, 3.8) is 0 Å². The molecule has 0 aliphatic carbocycles. The zero-order valence-electron chi connectivity index (χ0n) is 14.1. The van der Waals surface area contributed by atoms with E-state index in [1.54, 1.807) is 20.8 Å². The smallest absolute Gasteiger partial charge is 0.341 e. The van der Waals surface area contributed by atoms with E-state index >= 15 is 0 Å². The lowest BCUT2D eigenvalue weighted by molar-refractivity contribution is 0.00646. The third-order valence-corrected chi connectivity index (χ3v) is 3.48. The highest BCUT2D eigenvalue weighted by Crippen LogP contribution is 2.29. The Labute approximate surface area is 146 Å². The first kappa shape index (κ1) is 20.7. The average molecular weight is 363 g/mol. The first-order chi connectivity index (χ1) is 11.2. The second kappa shape index (κ2) is 9.20. The van der Waals surface area contributed by atoms with Gasteiger partial charge in [-0.15, -0.1) is 0 Å². The van der Waals surface area contributed by atoms with Crippen LogP contribution in [0.25, 0.3) is 0 Å². The largest absolute Gasteiger partial charge is 0.492 e. The molecule has 0 amide bonds. The number of aliphatic hydroxyl groups is 2. The van der Waals surface area contributed by atoms with Gasteiger partial charge in [0.15, 0.2) is 0 Å². The molecule has 0 unspecified atom stereocenters. The Morgan fingerprint density at radius 3 is 2.33 bits per heavy atom. The van der Waals surface area contributed by atoms with Crippen LogP contribution in [0.5, 0.6) is 5.75 Å². The number of carbonyl (C=O) groups is 1. The van der Waals surface area contributed by atoms with E-state index < -0.39 is 17.4 Å². The van der Waals surface area contributed by atoms with Gasteiger partial charge in [0.05, 0.1) is 17.2 Å². The minimum Gasteiger partial charge on any atom is -0.492 e. The van der Waals surface area contributed by atoms with Crippen LogP contribution in [-0.2, 0) is 4.74 Å². The topological polar surface area (TPSA) is 76.0 Å². The number of aliphatic hydroxyl groups excluding tert-OH is 2. The summed E-state index contributed by atoms with van der Waals surface area (Å²) in [6.45, 7) is 5.16. The van der Waals surface area contributed by atoms with Crippen LogP contribution in [0, 0.1) is 11.7 Å². The van der Waals surface area contributed by atoms with Crippen molar-refractivity contribution in [1.29, 1.82) is 0 Å². The van der Waals surface area contributed by atoms with E-state index in [9.17, 15) is 9.18 Å². The SMILES string of the molecule is CC(C)(C)OC(=O)c1cc(Cl)c(OCC(CCO)CCO)cc1F. The van der Waals surface area contributed by atoms with Crippen LogP contribution in [0.3, 0.4) is 0 Å². The molecule has 0 saturated carbocycles. The van der Waals surface area contributed by atoms with Crippen LogP contribution in [0.2, 0.25) is 5.02 Å². The zero-order valence-corrected chi connectivity index (χ0v) is 14.9. The maximum absolute atomic E-state index is 14.2. The summed E-state index contributed by atoms with van der Waals surface area (Å²) in [5.74, 6) is -1.57. The van der Waals surface area contributed by atoms with Crippen molar-refractivity contribution in [3.8, 4) is 5.75 Å². The number of carbonyl (C=O) groups excluding carboxylic acids is 1. The summed E-state index contributed by atoms with van der Waals surface area (Å²) in [5, 5.41) is 18.0.